The lowest BCUT2D eigenvalue weighted by Gasteiger charge is -2.09. The van der Waals surface area contributed by atoms with Crippen LogP contribution < -0.4 is 5.32 Å². The SMILES string of the molecule is COC(=O)c1ccc(NC(=O)CSc2nnc(-c3cnccn3)n2Cc2ccco2)cc1. The van der Waals surface area contributed by atoms with Crippen molar-refractivity contribution in [1.29, 1.82) is 0 Å². The Morgan fingerprint density at radius 3 is 2.69 bits per heavy atom. The molecule has 3 aromatic heterocycles. The van der Waals surface area contributed by atoms with Crippen LogP contribution in [-0.2, 0) is 16.1 Å². The molecular weight excluding hydrogens is 432 g/mol. The molecule has 10 nitrogen and oxygen atoms in total. The fraction of sp³-hybridized carbons (Fsp3) is 0.143. The van der Waals surface area contributed by atoms with Crippen molar-refractivity contribution in [3.63, 3.8) is 0 Å². The molecule has 0 radical (unpaired) electrons. The summed E-state index contributed by atoms with van der Waals surface area (Å²) in [7, 11) is 1.32. The Kier molecular flexibility index (Phi) is 6.56. The van der Waals surface area contributed by atoms with E-state index in [4.69, 9.17) is 4.42 Å². The number of amides is 1. The highest BCUT2D eigenvalue weighted by atomic mass is 32.2. The second-order valence-corrected chi connectivity index (χ2v) is 7.41. The van der Waals surface area contributed by atoms with E-state index in [0.717, 1.165) is 0 Å². The number of carbonyl (C=O) groups is 2. The summed E-state index contributed by atoms with van der Waals surface area (Å²) in [5.74, 6) is 0.681. The molecule has 0 aliphatic rings. The van der Waals surface area contributed by atoms with E-state index in [1.54, 1.807) is 55.2 Å². The maximum atomic E-state index is 12.4. The monoisotopic (exact) mass is 450 g/mol. The van der Waals surface area contributed by atoms with E-state index in [0.29, 0.717) is 40.2 Å². The molecule has 4 rings (SSSR count). The summed E-state index contributed by atoms with van der Waals surface area (Å²) < 4.78 is 12.0. The molecule has 0 aliphatic carbocycles. The van der Waals surface area contributed by atoms with Crippen LogP contribution in [0.5, 0.6) is 0 Å². The number of benzene rings is 1. The molecule has 1 N–H and O–H groups in total. The van der Waals surface area contributed by atoms with Crippen molar-refractivity contribution in [1.82, 2.24) is 24.7 Å². The Labute approximate surface area is 187 Å². The first-order valence-electron chi connectivity index (χ1n) is 9.47. The Morgan fingerprint density at radius 1 is 1.16 bits per heavy atom. The van der Waals surface area contributed by atoms with Gasteiger partial charge in [-0.25, -0.2) is 9.78 Å². The molecule has 0 unspecified atom stereocenters. The minimum absolute atomic E-state index is 0.107. The molecule has 1 aromatic carbocycles. The van der Waals surface area contributed by atoms with E-state index in [2.05, 4.69) is 30.2 Å². The Bertz CT molecular complexity index is 1190. The second-order valence-electron chi connectivity index (χ2n) is 6.47. The molecule has 0 saturated heterocycles. The highest BCUT2D eigenvalue weighted by Crippen LogP contribution is 2.24. The first-order chi connectivity index (χ1) is 15.6. The van der Waals surface area contributed by atoms with Crippen molar-refractivity contribution in [2.75, 3.05) is 18.2 Å². The van der Waals surface area contributed by atoms with Gasteiger partial charge in [-0.05, 0) is 36.4 Å². The lowest BCUT2D eigenvalue weighted by atomic mass is 10.2. The summed E-state index contributed by atoms with van der Waals surface area (Å²) in [5, 5.41) is 11.8. The zero-order chi connectivity index (χ0) is 22.3. The van der Waals surface area contributed by atoms with Crippen LogP contribution in [0.15, 0.2) is 70.8 Å². The van der Waals surface area contributed by atoms with Gasteiger partial charge < -0.3 is 14.5 Å². The predicted octanol–water partition coefficient (Wildman–Crippen LogP) is 2.89. The molecule has 11 heteroatoms. The van der Waals surface area contributed by atoms with E-state index in [-0.39, 0.29) is 11.7 Å². The van der Waals surface area contributed by atoms with Gasteiger partial charge in [0.15, 0.2) is 11.0 Å². The van der Waals surface area contributed by atoms with Gasteiger partial charge in [-0.15, -0.1) is 10.2 Å². The number of thioether (sulfide) groups is 1. The Hall–Kier alpha value is -3.99. The van der Waals surface area contributed by atoms with E-state index in [1.165, 1.54) is 18.9 Å². The van der Waals surface area contributed by atoms with Gasteiger partial charge in [0.25, 0.3) is 0 Å². The average molecular weight is 450 g/mol. The van der Waals surface area contributed by atoms with Gasteiger partial charge in [0.2, 0.25) is 5.91 Å². The molecule has 0 bridgehead atoms. The maximum absolute atomic E-state index is 12.4. The third kappa shape index (κ3) is 5.01. The Morgan fingerprint density at radius 2 is 2.00 bits per heavy atom. The number of nitrogens with zero attached hydrogens (tertiary/aromatic N) is 5. The number of aromatic nitrogens is 5. The first-order valence-corrected chi connectivity index (χ1v) is 10.5. The van der Waals surface area contributed by atoms with Gasteiger partial charge in [0.1, 0.15) is 11.5 Å². The maximum Gasteiger partial charge on any atom is 0.337 e. The molecule has 0 atom stereocenters. The van der Waals surface area contributed by atoms with Gasteiger partial charge in [0, 0.05) is 18.1 Å². The van der Waals surface area contributed by atoms with Crippen molar-refractivity contribution in [3.05, 3.63) is 72.6 Å². The number of methoxy groups -OCH3 is 1. The number of hydrogen-bond donors (Lipinski definition) is 1. The standard InChI is InChI=1S/C21H18N6O4S/c1-30-20(29)14-4-6-15(7-5-14)24-18(28)13-32-21-26-25-19(17-11-22-8-9-23-17)27(21)12-16-3-2-10-31-16/h2-11H,12-13H2,1H3,(H,24,28). The van der Waals surface area contributed by atoms with Gasteiger partial charge in [-0.3, -0.25) is 14.3 Å². The number of carbonyl (C=O) groups excluding carboxylic acids is 2. The lowest BCUT2D eigenvalue weighted by Crippen LogP contribution is -2.15. The fourth-order valence-corrected chi connectivity index (χ4v) is 3.57. The summed E-state index contributed by atoms with van der Waals surface area (Å²) in [6, 6.07) is 10.1. The van der Waals surface area contributed by atoms with Crippen molar-refractivity contribution < 1.29 is 18.7 Å². The number of esters is 1. The largest absolute Gasteiger partial charge is 0.467 e. The predicted molar refractivity (Wildman–Crippen MR) is 116 cm³/mol. The van der Waals surface area contributed by atoms with E-state index < -0.39 is 5.97 Å². The highest BCUT2D eigenvalue weighted by Gasteiger charge is 2.18. The summed E-state index contributed by atoms with van der Waals surface area (Å²) in [5.41, 5.74) is 1.54. The van der Waals surface area contributed by atoms with E-state index >= 15 is 0 Å². The van der Waals surface area contributed by atoms with Crippen LogP contribution in [0.1, 0.15) is 16.1 Å². The van der Waals surface area contributed by atoms with Crippen molar-refractivity contribution in [2.45, 2.75) is 11.7 Å². The third-order valence-electron chi connectivity index (χ3n) is 4.33. The molecule has 162 valence electrons. The smallest absolute Gasteiger partial charge is 0.337 e. The summed E-state index contributed by atoms with van der Waals surface area (Å²) in [6.07, 6.45) is 6.34. The van der Waals surface area contributed by atoms with E-state index in [9.17, 15) is 9.59 Å². The summed E-state index contributed by atoms with van der Waals surface area (Å²) >= 11 is 1.24. The zero-order valence-corrected chi connectivity index (χ0v) is 17.8. The summed E-state index contributed by atoms with van der Waals surface area (Å²) in [6.45, 7) is 0.380. The second kappa shape index (κ2) is 9.88. The van der Waals surface area contributed by atoms with Crippen molar-refractivity contribution >= 4 is 29.3 Å². The molecule has 0 aliphatic heterocycles. The molecular formula is C21H18N6O4S. The van der Waals surface area contributed by atoms with Crippen LogP contribution in [0.4, 0.5) is 5.69 Å². The van der Waals surface area contributed by atoms with Crippen LogP contribution in [0, 0.1) is 0 Å². The first kappa shape index (κ1) is 21.2. The summed E-state index contributed by atoms with van der Waals surface area (Å²) in [4.78, 5) is 32.3. The van der Waals surface area contributed by atoms with E-state index in [1.807, 2.05) is 10.6 Å². The van der Waals surface area contributed by atoms with Crippen LogP contribution >= 0.6 is 11.8 Å². The van der Waals surface area contributed by atoms with Gasteiger partial charge in [0.05, 0.1) is 37.4 Å². The lowest BCUT2D eigenvalue weighted by molar-refractivity contribution is -0.113. The number of anilines is 1. The molecule has 3 heterocycles. The third-order valence-corrected chi connectivity index (χ3v) is 5.29. The van der Waals surface area contributed by atoms with Crippen LogP contribution in [-0.4, -0.2) is 49.5 Å². The Balaban J connectivity index is 1.46. The van der Waals surface area contributed by atoms with Gasteiger partial charge >= 0.3 is 5.97 Å². The molecule has 0 fully saturated rings. The number of hydrogen-bond acceptors (Lipinski definition) is 9. The zero-order valence-electron chi connectivity index (χ0n) is 17.0. The number of ether oxygens (including phenoxy) is 1. The fourth-order valence-electron chi connectivity index (χ4n) is 2.84. The van der Waals surface area contributed by atoms with Crippen LogP contribution in [0.3, 0.4) is 0 Å². The van der Waals surface area contributed by atoms with Crippen molar-refractivity contribution in [2.24, 2.45) is 0 Å². The minimum atomic E-state index is -0.437. The van der Waals surface area contributed by atoms with Crippen molar-refractivity contribution in [3.8, 4) is 11.5 Å². The highest BCUT2D eigenvalue weighted by molar-refractivity contribution is 7.99. The molecule has 4 aromatic rings. The number of furan rings is 1. The molecule has 1 amide bonds. The van der Waals surface area contributed by atoms with Gasteiger partial charge in [-0.1, -0.05) is 11.8 Å². The number of rotatable bonds is 8. The number of nitrogens with one attached hydrogen (secondary N) is 1. The average Bonchev–Trinajstić information content (AvgIpc) is 3.49. The van der Waals surface area contributed by atoms with Crippen LogP contribution in [0.25, 0.3) is 11.5 Å². The molecule has 32 heavy (non-hydrogen) atoms. The molecule has 0 saturated carbocycles. The minimum Gasteiger partial charge on any atom is -0.467 e. The topological polar surface area (TPSA) is 125 Å². The van der Waals surface area contributed by atoms with Crippen LogP contribution in [0.2, 0.25) is 0 Å². The van der Waals surface area contributed by atoms with Gasteiger partial charge in [-0.2, -0.15) is 0 Å². The normalized spacial score (nSPS) is 10.7. The molecule has 0 spiro atoms. The quantitative estimate of drug-likeness (QED) is 0.318.